The molecule has 4 N–H and O–H groups in total. The van der Waals surface area contributed by atoms with Gasteiger partial charge >= 0.3 is 0 Å². The smallest absolute Gasteiger partial charge is 0.238 e. The van der Waals surface area contributed by atoms with E-state index >= 15 is 0 Å². The topological polar surface area (TPSA) is 152 Å². The van der Waals surface area contributed by atoms with E-state index in [4.69, 9.17) is 15.3 Å². The largest absolute Gasteiger partial charge is 0.463 e. The number of nitrogens with zero attached hydrogens (tertiary/aromatic N) is 7. The Hall–Kier alpha value is -3.68. The molecule has 1 aromatic carbocycles. The molecule has 1 aliphatic heterocycles. The maximum absolute atomic E-state index is 11.5. The van der Waals surface area contributed by atoms with Gasteiger partial charge in [-0.3, -0.25) is 4.90 Å². The summed E-state index contributed by atoms with van der Waals surface area (Å²) < 4.78 is 29.8. The number of nitrogen functional groups attached to an aromatic ring is 1. The second-order valence-electron chi connectivity index (χ2n) is 8.45. The van der Waals surface area contributed by atoms with Gasteiger partial charge in [0.2, 0.25) is 21.9 Å². The Balaban J connectivity index is 1.17. The van der Waals surface area contributed by atoms with Crippen molar-refractivity contribution in [2.45, 2.75) is 4.90 Å². The molecule has 3 aromatic heterocycles. The minimum Gasteiger partial charge on any atom is -0.463 e. The minimum absolute atomic E-state index is 0.122. The van der Waals surface area contributed by atoms with Gasteiger partial charge in [-0.1, -0.05) is 0 Å². The monoisotopic (exact) mass is 497 g/mol. The molecular weight excluding hydrogens is 470 g/mol. The molecule has 12 nitrogen and oxygen atoms in total. The van der Waals surface area contributed by atoms with E-state index in [1.807, 2.05) is 24.1 Å². The number of likely N-dealkylation sites (N-methyl/N-ethyl adjacent to an activating group) is 1. The molecule has 0 spiro atoms. The quantitative estimate of drug-likeness (QED) is 0.376. The zero-order chi connectivity index (χ0) is 24.6. The van der Waals surface area contributed by atoms with Gasteiger partial charge in [-0.15, -0.1) is 0 Å². The van der Waals surface area contributed by atoms with Crippen LogP contribution >= 0.6 is 0 Å². The van der Waals surface area contributed by atoms with Crippen molar-refractivity contribution >= 4 is 33.3 Å². The predicted octanol–water partition coefficient (Wildman–Crippen LogP) is 0.872. The number of furan rings is 1. The third kappa shape index (κ3) is 4.92. The Kier molecular flexibility index (Phi) is 6.05. The van der Waals surface area contributed by atoms with E-state index in [-0.39, 0.29) is 10.8 Å². The van der Waals surface area contributed by atoms with Crippen LogP contribution < -0.4 is 20.7 Å². The van der Waals surface area contributed by atoms with E-state index < -0.39 is 10.0 Å². The van der Waals surface area contributed by atoms with Gasteiger partial charge < -0.3 is 20.0 Å². The zero-order valence-corrected chi connectivity index (χ0v) is 20.1. The van der Waals surface area contributed by atoms with Crippen LogP contribution in [0.15, 0.2) is 58.0 Å². The van der Waals surface area contributed by atoms with Gasteiger partial charge in [-0.05, 0) is 36.4 Å². The Morgan fingerprint density at radius 3 is 2.49 bits per heavy atom. The average molecular weight is 498 g/mol. The maximum atomic E-state index is 11.5. The molecule has 0 atom stereocenters. The van der Waals surface area contributed by atoms with Crippen molar-refractivity contribution in [1.82, 2.24) is 24.5 Å². The summed E-state index contributed by atoms with van der Waals surface area (Å²) >= 11 is 0. The first-order valence-corrected chi connectivity index (χ1v) is 12.7. The lowest BCUT2D eigenvalue weighted by molar-refractivity contribution is 0.263. The average Bonchev–Trinajstić information content (AvgIpc) is 3.53. The molecule has 0 bridgehead atoms. The van der Waals surface area contributed by atoms with Crippen molar-refractivity contribution < 1.29 is 12.8 Å². The molecule has 13 heteroatoms. The van der Waals surface area contributed by atoms with Crippen molar-refractivity contribution in [3.63, 3.8) is 0 Å². The fourth-order valence-electron chi connectivity index (χ4n) is 4.08. The summed E-state index contributed by atoms with van der Waals surface area (Å²) in [4.78, 5) is 15.8. The molecular formula is C22H27N9O3S. The van der Waals surface area contributed by atoms with E-state index in [1.54, 1.807) is 36.6 Å². The number of sulfonamides is 1. The molecule has 0 unspecified atom stereocenters. The van der Waals surface area contributed by atoms with Gasteiger partial charge in [-0.2, -0.15) is 19.6 Å². The van der Waals surface area contributed by atoms with E-state index in [9.17, 15) is 8.42 Å². The highest BCUT2D eigenvalue weighted by Crippen LogP contribution is 2.22. The van der Waals surface area contributed by atoms with Crippen molar-refractivity contribution in [2.24, 2.45) is 5.14 Å². The summed E-state index contributed by atoms with van der Waals surface area (Å²) in [5.41, 5.74) is 8.38. The highest BCUT2D eigenvalue weighted by atomic mass is 32.2. The van der Waals surface area contributed by atoms with Crippen LogP contribution in [0, 0.1) is 0 Å². The van der Waals surface area contributed by atoms with Crippen molar-refractivity contribution in [3.05, 3.63) is 48.7 Å². The number of rotatable bonds is 7. The number of fused-ring (bicyclic) bond motifs is 1. The number of hydrogen-bond acceptors (Lipinski definition) is 10. The van der Waals surface area contributed by atoms with E-state index in [0.717, 1.165) is 45.0 Å². The Labute approximate surface area is 202 Å². The summed E-state index contributed by atoms with van der Waals surface area (Å²) in [6.45, 7) is 5.06. The summed E-state index contributed by atoms with van der Waals surface area (Å²) in [7, 11) is -1.74. The summed E-state index contributed by atoms with van der Waals surface area (Å²) in [6.07, 6.45) is 1.59. The number of piperazine rings is 1. The van der Waals surface area contributed by atoms with Crippen molar-refractivity contribution in [3.8, 4) is 11.5 Å². The predicted molar refractivity (Wildman–Crippen MR) is 133 cm³/mol. The summed E-state index contributed by atoms with van der Waals surface area (Å²) in [5.74, 6) is 1.44. The maximum Gasteiger partial charge on any atom is 0.238 e. The Bertz CT molecular complexity index is 1410. The summed E-state index contributed by atoms with van der Waals surface area (Å²) in [6, 6.07) is 12.2. The third-order valence-corrected chi connectivity index (χ3v) is 7.04. The molecule has 0 saturated carbocycles. The van der Waals surface area contributed by atoms with Gasteiger partial charge in [0.25, 0.3) is 0 Å². The molecule has 1 saturated heterocycles. The lowest BCUT2D eigenvalue weighted by Crippen LogP contribution is -2.48. The lowest BCUT2D eigenvalue weighted by Gasteiger charge is -2.36. The van der Waals surface area contributed by atoms with E-state index in [1.165, 1.54) is 4.52 Å². The molecule has 4 heterocycles. The number of hydrogen-bond donors (Lipinski definition) is 2. The Morgan fingerprint density at radius 1 is 1.09 bits per heavy atom. The molecule has 5 rings (SSSR count). The first-order valence-electron chi connectivity index (χ1n) is 11.2. The van der Waals surface area contributed by atoms with Crippen LogP contribution in [-0.4, -0.2) is 79.2 Å². The van der Waals surface area contributed by atoms with Gasteiger partial charge in [0, 0.05) is 58.1 Å². The normalized spacial score (nSPS) is 15.1. The van der Waals surface area contributed by atoms with Crippen LogP contribution in [0.25, 0.3) is 17.1 Å². The number of benzene rings is 1. The van der Waals surface area contributed by atoms with Crippen LogP contribution in [-0.2, 0) is 10.0 Å². The molecule has 0 amide bonds. The highest BCUT2D eigenvalue weighted by Gasteiger charge is 2.19. The van der Waals surface area contributed by atoms with Gasteiger partial charge in [0.1, 0.15) is 5.69 Å². The molecule has 1 fully saturated rings. The number of anilines is 3. The van der Waals surface area contributed by atoms with Crippen LogP contribution in [0.3, 0.4) is 0 Å². The van der Waals surface area contributed by atoms with Gasteiger partial charge in [-0.25, -0.2) is 13.6 Å². The minimum atomic E-state index is -3.68. The first kappa shape index (κ1) is 23.1. The molecule has 1 aliphatic rings. The molecule has 4 aromatic rings. The fourth-order valence-corrected chi connectivity index (χ4v) is 4.60. The van der Waals surface area contributed by atoms with Gasteiger partial charge in [0.05, 0.1) is 11.2 Å². The highest BCUT2D eigenvalue weighted by molar-refractivity contribution is 7.89. The SMILES string of the molecule is CN(CCN1CCN(c2ccc(S(N)(=O)=O)cc2)CC1)c1nc(N)n2nc(-c3ccco3)cc2n1. The lowest BCUT2D eigenvalue weighted by atomic mass is 10.2. The van der Waals surface area contributed by atoms with Crippen LogP contribution in [0.2, 0.25) is 0 Å². The number of aromatic nitrogens is 4. The van der Waals surface area contributed by atoms with E-state index in [0.29, 0.717) is 23.0 Å². The number of nitrogens with two attached hydrogens (primary N) is 2. The summed E-state index contributed by atoms with van der Waals surface area (Å²) in [5, 5.41) is 9.61. The second-order valence-corrected chi connectivity index (χ2v) is 10.0. The standard InChI is InChI=1S/C22H27N9O3S/c1-28(22-25-20-15-18(19-3-2-14-34-19)27-31(20)21(23)26-22)8-9-29-10-12-30(13-11-29)16-4-6-17(7-5-16)35(24,32)33/h2-7,14-15H,8-13H2,1H3,(H2,23,25,26)(H2,24,32,33). The van der Waals surface area contributed by atoms with E-state index in [2.05, 4.69) is 24.9 Å². The Morgan fingerprint density at radius 2 is 1.83 bits per heavy atom. The van der Waals surface area contributed by atoms with Crippen molar-refractivity contribution in [1.29, 1.82) is 0 Å². The molecule has 0 radical (unpaired) electrons. The van der Waals surface area contributed by atoms with Crippen LogP contribution in [0.5, 0.6) is 0 Å². The fraction of sp³-hybridized carbons (Fsp3) is 0.318. The molecule has 0 aliphatic carbocycles. The second kappa shape index (κ2) is 9.17. The first-order chi connectivity index (χ1) is 16.8. The molecule has 184 valence electrons. The third-order valence-electron chi connectivity index (χ3n) is 6.11. The number of primary sulfonamides is 1. The van der Waals surface area contributed by atoms with Crippen molar-refractivity contribution in [2.75, 3.05) is 61.8 Å². The molecule has 35 heavy (non-hydrogen) atoms. The van der Waals surface area contributed by atoms with Crippen LogP contribution in [0.4, 0.5) is 17.6 Å². The van der Waals surface area contributed by atoms with Crippen LogP contribution in [0.1, 0.15) is 0 Å². The zero-order valence-electron chi connectivity index (χ0n) is 19.3. The van der Waals surface area contributed by atoms with Gasteiger partial charge in [0.15, 0.2) is 11.4 Å².